The molecule has 4 nitrogen and oxygen atoms in total. The molecule has 14 heavy (non-hydrogen) atoms. The lowest BCUT2D eigenvalue weighted by Gasteiger charge is -2.01. The Labute approximate surface area is 88.7 Å². The fourth-order valence-electron chi connectivity index (χ4n) is 0.798. The van der Waals surface area contributed by atoms with Crippen LogP contribution in [-0.2, 0) is 4.79 Å². The molecule has 0 atom stereocenters. The number of ether oxygens (including phenoxy) is 1. The van der Waals surface area contributed by atoms with Crippen LogP contribution in [-0.4, -0.2) is 12.2 Å². The lowest BCUT2D eigenvalue weighted by atomic mass is 10.2. The fourth-order valence-corrected chi connectivity index (χ4v) is 1.16. The number of carbonyl (C=O) groups is 1. The van der Waals surface area contributed by atoms with Crippen LogP contribution < -0.4 is 4.74 Å². The largest absolute Gasteiger partial charge is 0.450 e. The van der Waals surface area contributed by atoms with Gasteiger partial charge in [0.15, 0.2) is 0 Å². The van der Waals surface area contributed by atoms with Crippen molar-refractivity contribution in [3.8, 4) is 5.75 Å². The van der Waals surface area contributed by atoms with Gasteiger partial charge in [0.05, 0.1) is 0 Å². The smallest absolute Gasteiger partial charge is 0.408 e. The standard InChI is InChI=1S/C9H6BrNO3/c1-6-2-3-7(4-8(6)10)14-9(13)11-5-12/h2-4H,1H3. The number of hydrogen-bond donors (Lipinski definition) is 0. The van der Waals surface area contributed by atoms with Crippen LogP contribution in [0.1, 0.15) is 5.56 Å². The quantitative estimate of drug-likeness (QED) is 0.573. The average molecular weight is 256 g/mol. The van der Waals surface area contributed by atoms with E-state index in [-0.39, 0.29) is 0 Å². The molecule has 0 aliphatic carbocycles. The maximum atomic E-state index is 10.7. The van der Waals surface area contributed by atoms with Gasteiger partial charge in [0.1, 0.15) is 5.75 Å². The third kappa shape index (κ3) is 2.80. The van der Waals surface area contributed by atoms with Gasteiger partial charge < -0.3 is 4.74 Å². The molecule has 5 heteroatoms. The maximum Gasteiger partial charge on any atom is 0.450 e. The van der Waals surface area contributed by atoms with Gasteiger partial charge in [-0.2, -0.15) is 0 Å². The first-order valence-electron chi connectivity index (χ1n) is 3.69. The minimum absolute atomic E-state index is 0.325. The summed E-state index contributed by atoms with van der Waals surface area (Å²) in [5, 5.41) is 0. The number of aliphatic imine (C=N–C) groups is 1. The molecule has 0 heterocycles. The van der Waals surface area contributed by atoms with Crippen LogP contribution >= 0.6 is 15.9 Å². The Hall–Kier alpha value is -1.45. The fraction of sp³-hybridized carbons (Fsp3) is 0.111. The van der Waals surface area contributed by atoms with Crippen LogP contribution in [0.15, 0.2) is 27.7 Å². The number of isocyanates is 1. The van der Waals surface area contributed by atoms with Crippen LogP contribution in [0.3, 0.4) is 0 Å². The van der Waals surface area contributed by atoms with E-state index in [1.54, 1.807) is 18.2 Å². The second-order valence-corrected chi connectivity index (χ2v) is 3.34. The molecule has 0 aliphatic heterocycles. The maximum absolute atomic E-state index is 10.7. The first kappa shape index (κ1) is 10.6. The molecule has 0 aliphatic rings. The SMILES string of the molecule is Cc1ccc(OC(=O)N=C=O)cc1Br. The highest BCUT2D eigenvalue weighted by atomic mass is 79.9. The summed E-state index contributed by atoms with van der Waals surface area (Å²) in [4.78, 5) is 23.3. The molecule has 0 bridgehead atoms. The van der Waals surface area contributed by atoms with Gasteiger partial charge in [-0.25, -0.2) is 9.59 Å². The summed E-state index contributed by atoms with van der Waals surface area (Å²) in [7, 11) is 0. The van der Waals surface area contributed by atoms with Crippen LogP contribution in [0, 0.1) is 6.92 Å². The summed E-state index contributed by atoms with van der Waals surface area (Å²) >= 11 is 3.28. The molecule has 0 aromatic heterocycles. The molecular formula is C9H6BrNO3. The van der Waals surface area contributed by atoms with Crippen LogP contribution in [0.2, 0.25) is 0 Å². The Kier molecular flexibility index (Phi) is 3.56. The zero-order valence-electron chi connectivity index (χ0n) is 7.28. The minimum atomic E-state index is -0.976. The number of carbonyl (C=O) groups excluding carboxylic acids is 2. The van der Waals surface area contributed by atoms with Crippen molar-refractivity contribution in [3.05, 3.63) is 28.2 Å². The summed E-state index contributed by atoms with van der Waals surface area (Å²) in [5.41, 5.74) is 1.02. The number of halogens is 1. The minimum Gasteiger partial charge on any atom is -0.408 e. The van der Waals surface area contributed by atoms with E-state index in [1.807, 2.05) is 6.92 Å². The summed E-state index contributed by atoms with van der Waals surface area (Å²) in [6.45, 7) is 1.90. The van der Waals surface area contributed by atoms with Gasteiger partial charge in [-0.15, -0.1) is 0 Å². The van der Waals surface area contributed by atoms with Crippen LogP contribution in [0.4, 0.5) is 4.79 Å². The van der Waals surface area contributed by atoms with Gasteiger partial charge in [0.2, 0.25) is 6.08 Å². The van der Waals surface area contributed by atoms with E-state index in [4.69, 9.17) is 4.74 Å². The molecule has 0 unspecified atom stereocenters. The molecule has 1 aromatic carbocycles. The first-order valence-corrected chi connectivity index (χ1v) is 4.48. The van der Waals surface area contributed by atoms with Crippen molar-refractivity contribution >= 4 is 28.1 Å². The van der Waals surface area contributed by atoms with Gasteiger partial charge in [0, 0.05) is 4.47 Å². The predicted octanol–water partition coefficient (Wildman–Crippen LogP) is 2.59. The van der Waals surface area contributed by atoms with Gasteiger partial charge >= 0.3 is 6.09 Å². The Morgan fingerprint density at radius 2 is 2.29 bits per heavy atom. The molecule has 0 radical (unpaired) electrons. The van der Waals surface area contributed by atoms with Crippen molar-refractivity contribution in [1.82, 2.24) is 0 Å². The van der Waals surface area contributed by atoms with E-state index in [2.05, 4.69) is 20.9 Å². The molecule has 0 N–H and O–H groups in total. The lowest BCUT2D eigenvalue weighted by molar-refractivity contribution is 0.211. The lowest BCUT2D eigenvalue weighted by Crippen LogP contribution is -2.01. The zero-order chi connectivity index (χ0) is 10.6. The molecule has 0 fully saturated rings. The van der Waals surface area contributed by atoms with Gasteiger partial charge in [0.25, 0.3) is 0 Å². The Bertz CT molecular complexity index is 411. The van der Waals surface area contributed by atoms with Gasteiger partial charge in [-0.3, -0.25) is 0 Å². The number of rotatable bonds is 1. The monoisotopic (exact) mass is 255 g/mol. The molecule has 1 aromatic rings. The Morgan fingerprint density at radius 3 is 2.86 bits per heavy atom. The molecule has 0 saturated heterocycles. The molecule has 72 valence electrons. The van der Waals surface area contributed by atoms with Crippen molar-refractivity contribution < 1.29 is 14.3 Å². The summed E-state index contributed by atoms with van der Waals surface area (Å²) in [6.07, 6.45) is 0.126. The third-order valence-electron chi connectivity index (χ3n) is 1.49. The highest BCUT2D eigenvalue weighted by molar-refractivity contribution is 9.10. The number of aryl methyl sites for hydroxylation is 1. The van der Waals surface area contributed by atoms with Crippen molar-refractivity contribution in [2.75, 3.05) is 0 Å². The second-order valence-electron chi connectivity index (χ2n) is 2.48. The Balaban J connectivity index is 2.83. The predicted molar refractivity (Wildman–Crippen MR) is 53.0 cm³/mol. The number of amides is 1. The molecule has 0 spiro atoms. The van der Waals surface area contributed by atoms with Crippen molar-refractivity contribution in [2.24, 2.45) is 4.99 Å². The highest BCUT2D eigenvalue weighted by Gasteiger charge is 2.03. The van der Waals surface area contributed by atoms with E-state index in [9.17, 15) is 9.59 Å². The highest BCUT2D eigenvalue weighted by Crippen LogP contribution is 2.22. The molecule has 0 saturated carbocycles. The number of nitrogens with zero attached hydrogens (tertiary/aromatic N) is 1. The van der Waals surface area contributed by atoms with Crippen molar-refractivity contribution in [1.29, 1.82) is 0 Å². The van der Waals surface area contributed by atoms with E-state index >= 15 is 0 Å². The van der Waals surface area contributed by atoms with Gasteiger partial charge in [-0.05, 0) is 24.6 Å². The third-order valence-corrected chi connectivity index (χ3v) is 2.34. The summed E-state index contributed by atoms with van der Waals surface area (Å²) < 4.78 is 5.51. The van der Waals surface area contributed by atoms with Crippen molar-refractivity contribution in [2.45, 2.75) is 6.92 Å². The average Bonchev–Trinajstić information content (AvgIpc) is 2.12. The molecule has 1 rings (SSSR count). The summed E-state index contributed by atoms with van der Waals surface area (Å²) in [6, 6.07) is 5.00. The van der Waals surface area contributed by atoms with E-state index in [1.165, 1.54) is 0 Å². The normalized spacial score (nSPS) is 9.00. The second kappa shape index (κ2) is 4.69. The number of hydrogen-bond acceptors (Lipinski definition) is 3. The first-order chi connectivity index (χ1) is 6.63. The molecular weight excluding hydrogens is 250 g/mol. The molecule has 1 amide bonds. The van der Waals surface area contributed by atoms with E-state index < -0.39 is 6.09 Å². The summed E-state index contributed by atoms with van der Waals surface area (Å²) in [5.74, 6) is 0.325. The zero-order valence-corrected chi connectivity index (χ0v) is 8.87. The Morgan fingerprint density at radius 1 is 1.57 bits per heavy atom. The van der Waals surface area contributed by atoms with E-state index in [0.717, 1.165) is 16.1 Å². The number of benzene rings is 1. The van der Waals surface area contributed by atoms with E-state index in [0.29, 0.717) is 5.75 Å². The topological polar surface area (TPSA) is 55.7 Å². The van der Waals surface area contributed by atoms with Crippen LogP contribution in [0.5, 0.6) is 5.75 Å². The van der Waals surface area contributed by atoms with Gasteiger partial charge in [-0.1, -0.05) is 27.0 Å². The van der Waals surface area contributed by atoms with Crippen LogP contribution in [0.25, 0.3) is 0 Å². The van der Waals surface area contributed by atoms with Crippen molar-refractivity contribution in [3.63, 3.8) is 0 Å².